The van der Waals surface area contributed by atoms with Crippen molar-refractivity contribution < 1.29 is 0 Å². The lowest BCUT2D eigenvalue weighted by molar-refractivity contribution is 0.953. The number of alkyl halides is 1. The number of allylic oxidation sites excluding steroid dienone is 2. The maximum atomic E-state index is 3.42. The topological polar surface area (TPSA) is 0 Å². The van der Waals surface area contributed by atoms with Crippen LogP contribution in [0.2, 0.25) is 0 Å². The fraction of sp³-hybridized carbons (Fsp3) is 0.714. The first-order chi connectivity index (χ1) is 3.77. The van der Waals surface area contributed by atoms with E-state index in [2.05, 4.69) is 41.9 Å². The first kappa shape index (κ1) is 8.22. The highest BCUT2D eigenvalue weighted by atomic mass is 79.9. The third-order valence-corrected chi connectivity index (χ3v) is 1.16. The highest BCUT2D eigenvalue weighted by Crippen LogP contribution is 1.99. The minimum absolute atomic E-state index is 0.536. The molecule has 1 unspecified atom stereocenters. The molecule has 0 heterocycles. The van der Waals surface area contributed by atoms with Crippen LogP contribution in [0.4, 0.5) is 0 Å². The minimum Gasteiger partial charge on any atom is -0.0874 e. The molecule has 0 radical (unpaired) electrons. The van der Waals surface area contributed by atoms with Gasteiger partial charge in [-0.25, -0.2) is 0 Å². The molecule has 0 nitrogen and oxygen atoms in total. The molecule has 1 heteroatoms. The third kappa shape index (κ3) is 6.22. The van der Waals surface area contributed by atoms with E-state index in [1.807, 2.05) is 0 Å². The quantitative estimate of drug-likeness (QED) is 0.459. The van der Waals surface area contributed by atoms with Crippen LogP contribution in [0.25, 0.3) is 0 Å². The Kier molecular flexibility index (Phi) is 5.51. The van der Waals surface area contributed by atoms with Crippen LogP contribution < -0.4 is 0 Å². The zero-order valence-corrected chi connectivity index (χ0v) is 7.11. The van der Waals surface area contributed by atoms with Gasteiger partial charge in [-0.05, 0) is 13.3 Å². The number of hydrogen-bond acceptors (Lipinski definition) is 0. The van der Waals surface area contributed by atoms with Gasteiger partial charge in [-0.2, -0.15) is 0 Å². The Balaban J connectivity index is 3.07. The molecule has 0 aromatic heterocycles. The Hall–Kier alpha value is 0.220. The molecule has 0 fully saturated rings. The summed E-state index contributed by atoms with van der Waals surface area (Å²) in [4.78, 5) is 0.536. The van der Waals surface area contributed by atoms with Gasteiger partial charge in [-0.1, -0.05) is 41.4 Å². The van der Waals surface area contributed by atoms with Crippen LogP contribution in [0.1, 0.15) is 26.7 Å². The van der Waals surface area contributed by atoms with Gasteiger partial charge in [0, 0.05) is 4.83 Å². The molecule has 0 saturated carbocycles. The van der Waals surface area contributed by atoms with Gasteiger partial charge in [-0.3, -0.25) is 0 Å². The van der Waals surface area contributed by atoms with Crippen molar-refractivity contribution in [3.8, 4) is 0 Å². The van der Waals surface area contributed by atoms with E-state index >= 15 is 0 Å². The number of unbranched alkanes of at least 4 members (excludes halogenated alkanes) is 1. The maximum Gasteiger partial charge on any atom is 0.0297 e. The van der Waals surface area contributed by atoms with E-state index in [-0.39, 0.29) is 0 Å². The van der Waals surface area contributed by atoms with E-state index in [4.69, 9.17) is 0 Å². The summed E-state index contributed by atoms with van der Waals surface area (Å²) in [5.74, 6) is 0. The van der Waals surface area contributed by atoms with Crippen molar-refractivity contribution in [3.05, 3.63) is 12.2 Å². The van der Waals surface area contributed by atoms with Gasteiger partial charge in [0.05, 0.1) is 0 Å². The Bertz CT molecular complexity index is 64.8. The minimum atomic E-state index is 0.536. The highest BCUT2D eigenvalue weighted by molar-refractivity contribution is 9.09. The second-order valence-corrected chi connectivity index (χ2v) is 3.34. The summed E-state index contributed by atoms with van der Waals surface area (Å²) in [5, 5.41) is 0. The summed E-state index contributed by atoms with van der Waals surface area (Å²) in [5.41, 5.74) is 0. The normalized spacial score (nSPS) is 14.9. The summed E-state index contributed by atoms with van der Waals surface area (Å²) >= 11 is 3.42. The molecule has 0 aromatic rings. The zero-order chi connectivity index (χ0) is 6.41. The van der Waals surface area contributed by atoms with Crippen molar-refractivity contribution >= 4 is 15.9 Å². The van der Waals surface area contributed by atoms with E-state index in [0.717, 1.165) is 0 Å². The van der Waals surface area contributed by atoms with Crippen LogP contribution >= 0.6 is 15.9 Å². The molecule has 0 bridgehead atoms. The van der Waals surface area contributed by atoms with Crippen LogP contribution in [0, 0.1) is 0 Å². The average molecular weight is 177 g/mol. The van der Waals surface area contributed by atoms with E-state index in [0.29, 0.717) is 4.83 Å². The third-order valence-electron chi connectivity index (χ3n) is 0.857. The predicted octanol–water partition coefficient (Wildman–Crippen LogP) is 3.13. The van der Waals surface area contributed by atoms with Gasteiger partial charge in [0.2, 0.25) is 0 Å². The monoisotopic (exact) mass is 176 g/mol. The van der Waals surface area contributed by atoms with Crippen molar-refractivity contribution in [1.82, 2.24) is 0 Å². The summed E-state index contributed by atoms with van der Waals surface area (Å²) in [6, 6.07) is 0. The smallest absolute Gasteiger partial charge is 0.0297 e. The molecule has 0 amide bonds. The van der Waals surface area contributed by atoms with Gasteiger partial charge in [-0.15, -0.1) is 0 Å². The molecule has 1 atom stereocenters. The second-order valence-electron chi connectivity index (χ2n) is 1.89. The van der Waals surface area contributed by atoms with Crippen molar-refractivity contribution in [2.45, 2.75) is 31.5 Å². The largest absolute Gasteiger partial charge is 0.0874 e. The van der Waals surface area contributed by atoms with Gasteiger partial charge < -0.3 is 0 Å². The lowest BCUT2D eigenvalue weighted by Gasteiger charge is -1.88. The summed E-state index contributed by atoms with van der Waals surface area (Å²) in [6.07, 6.45) is 6.83. The first-order valence-corrected chi connectivity index (χ1v) is 3.99. The molecule has 0 aliphatic heterocycles. The van der Waals surface area contributed by atoms with Gasteiger partial charge >= 0.3 is 0 Å². The summed E-state index contributed by atoms with van der Waals surface area (Å²) in [6.45, 7) is 4.30. The van der Waals surface area contributed by atoms with E-state index in [1.165, 1.54) is 12.8 Å². The first-order valence-electron chi connectivity index (χ1n) is 3.08. The molecule has 0 aliphatic carbocycles. The lowest BCUT2D eigenvalue weighted by atomic mass is 10.3. The molecule has 0 aromatic carbocycles. The fourth-order valence-electron chi connectivity index (χ4n) is 0.450. The van der Waals surface area contributed by atoms with E-state index in [1.54, 1.807) is 0 Å². The Labute approximate surface area is 60.1 Å². The molecule has 0 aliphatic rings. The number of hydrogen-bond donors (Lipinski definition) is 0. The van der Waals surface area contributed by atoms with Crippen LogP contribution in [0.3, 0.4) is 0 Å². The van der Waals surface area contributed by atoms with Crippen molar-refractivity contribution in [1.29, 1.82) is 0 Å². The van der Waals surface area contributed by atoms with Crippen molar-refractivity contribution in [2.24, 2.45) is 0 Å². The van der Waals surface area contributed by atoms with E-state index < -0.39 is 0 Å². The molecular formula is C7H13Br. The van der Waals surface area contributed by atoms with Crippen LogP contribution in [-0.2, 0) is 0 Å². The SMILES string of the molecule is CCC/C=C/C(C)Br. The second kappa shape index (κ2) is 5.36. The molecule has 0 rings (SSSR count). The number of halogens is 1. The molecule has 0 spiro atoms. The van der Waals surface area contributed by atoms with Gasteiger partial charge in [0.15, 0.2) is 0 Å². The zero-order valence-electron chi connectivity index (χ0n) is 5.52. The molecule has 0 saturated heterocycles. The summed E-state index contributed by atoms with van der Waals surface area (Å²) < 4.78 is 0. The fourth-order valence-corrected chi connectivity index (χ4v) is 0.666. The summed E-state index contributed by atoms with van der Waals surface area (Å²) in [7, 11) is 0. The Morgan fingerprint density at radius 2 is 2.25 bits per heavy atom. The standard InChI is InChI=1S/C7H13Br/c1-3-4-5-6-7(2)8/h5-7H,3-4H2,1-2H3/b6-5+. The van der Waals surface area contributed by atoms with Crippen molar-refractivity contribution in [2.75, 3.05) is 0 Å². The van der Waals surface area contributed by atoms with Crippen LogP contribution in [-0.4, -0.2) is 4.83 Å². The average Bonchev–Trinajstić information content (AvgIpc) is 1.66. The highest BCUT2D eigenvalue weighted by Gasteiger charge is 1.82. The predicted molar refractivity (Wildman–Crippen MR) is 42.4 cm³/mol. The molecule has 0 N–H and O–H groups in total. The molecule has 8 heavy (non-hydrogen) atoms. The lowest BCUT2D eigenvalue weighted by Crippen LogP contribution is -1.78. The van der Waals surface area contributed by atoms with Crippen LogP contribution in [0.5, 0.6) is 0 Å². The van der Waals surface area contributed by atoms with Gasteiger partial charge in [0.1, 0.15) is 0 Å². The maximum absolute atomic E-state index is 3.42. The van der Waals surface area contributed by atoms with Crippen LogP contribution in [0.15, 0.2) is 12.2 Å². The van der Waals surface area contributed by atoms with E-state index in [9.17, 15) is 0 Å². The van der Waals surface area contributed by atoms with Crippen molar-refractivity contribution in [3.63, 3.8) is 0 Å². The molecular weight excluding hydrogens is 164 g/mol. The number of rotatable bonds is 3. The molecule has 48 valence electrons. The van der Waals surface area contributed by atoms with Gasteiger partial charge in [0.25, 0.3) is 0 Å². The Morgan fingerprint density at radius 1 is 1.62 bits per heavy atom. The Morgan fingerprint density at radius 3 is 2.62 bits per heavy atom.